The molecule has 166 valence electrons. The van der Waals surface area contributed by atoms with E-state index in [1.54, 1.807) is 14.2 Å². The third kappa shape index (κ3) is 9.51. The van der Waals surface area contributed by atoms with Gasteiger partial charge in [0.15, 0.2) is 17.2 Å². The van der Waals surface area contributed by atoms with Crippen LogP contribution in [0.1, 0.15) is 90.9 Å². The van der Waals surface area contributed by atoms with Crippen molar-refractivity contribution in [3.05, 3.63) is 12.1 Å². The van der Waals surface area contributed by atoms with Gasteiger partial charge >= 0.3 is 0 Å². The Labute approximate surface area is 178 Å². The van der Waals surface area contributed by atoms with Gasteiger partial charge in [0.05, 0.1) is 14.2 Å². The minimum Gasteiger partial charge on any atom is -0.494 e. The zero-order chi connectivity index (χ0) is 21.3. The number of methoxy groups -OCH3 is 2. The number of rotatable bonds is 18. The lowest BCUT2D eigenvalue weighted by Gasteiger charge is -2.26. The molecule has 0 aliphatic heterocycles. The summed E-state index contributed by atoms with van der Waals surface area (Å²) in [6.45, 7) is 6.61. The zero-order valence-electron chi connectivity index (χ0n) is 19.3. The molecule has 1 rings (SSSR count). The van der Waals surface area contributed by atoms with E-state index in [1.807, 2.05) is 12.1 Å². The molecule has 0 bridgehead atoms. The fourth-order valence-corrected chi connectivity index (χ4v) is 3.71. The number of ether oxygens (including phenoxy) is 2. The van der Waals surface area contributed by atoms with E-state index in [-0.39, 0.29) is 0 Å². The third-order valence-corrected chi connectivity index (χ3v) is 5.50. The predicted molar refractivity (Wildman–Crippen MR) is 123 cm³/mol. The van der Waals surface area contributed by atoms with Gasteiger partial charge in [-0.05, 0) is 12.8 Å². The Bertz CT molecular complexity index is 522. The second-order valence-corrected chi connectivity index (χ2v) is 7.83. The molecule has 5 heteroatoms. The summed E-state index contributed by atoms with van der Waals surface area (Å²) in [6, 6.07) is 4.01. The van der Waals surface area contributed by atoms with Crippen molar-refractivity contribution in [1.82, 2.24) is 0 Å². The molecule has 1 aromatic rings. The average molecular weight is 406 g/mol. The van der Waals surface area contributed by atoms with Crippen LogP contribution in [0.2, 0.25) is 0 Å². The van der Waals surface area contributed by atoms with E-state index in [1.165, 1.54) is 77.0 Å². The largest absolute Gasteiger partial charge is 0.494 e. The molecule has 0 heterocycles. The van der Waals surface area contributed by atoms with Crippen LogP contribution in [0.25, 0.3) is 0 Å². The number of nitrogens with one attached hydrogen (secondary N) is 1. The Morgan fingerprint density at radius 3 is 1.52 bits per heavy atom. The summed E-state index contributed by atoms with van der Waals surface area (Å²) < 4.78 is 11.0. The van der Waals surface area contributed by atoms with Crippen molar-refractivity contribution in [2.45, 2.75) is 90.9 Å². The van der Waals surface area contributed by atoms with Crippen molar-refractivity contribution in [3.63, 3.8) is 0 Å². The van der Waals surface area contributed by atoms with Crippen molar-refractivity contribution >= 4 is 11.4 Å². The lowest BCUT2D eigenvalue weighted by atomic mass is 10.1. The van der Waals surface area contributed by atoms with Gasteiger partial charge in [0.1, 0.15) is 0 Å². The Morgan fingerprint density at radius 2 is 1.14 bits per heavy atom. The second-order valence-electron chi connectivity index (χ2n) is 7.83. The Morgan fingerprint density at radius 1 is 0.724 bits per heavy atom. The maximum atomic E-state index is 7.44. The molecule has 0 aliphatic rings. The van der Waals surface area contributed by atoms with Gasteiger partial charge in [-0.15, -0.1) is 0 Å². The van der Waals surface area contributed by atoms with E-state index in [0.717, 1.165) is 18.8 Å². The highest BCUT2D eigenvalue weighted by molar-refractivity contribution is 5.69. The van der Waals surface area contributed by atoms with Crippen LogP contribution < -0.4 is 14.4 Å². The lowest BCUT2D eigenvalue weighted by molar-refractivity contribution is 0.396. The standard InChI is InChI=1S/C24H43N3O2/c1-5-7-9-11-13-15-17-27(18-16-14-12-10-8-6-2)21-19-22(28-3)24(26-25)23(20-21)29-4/h19-20,25H,5-18H2,1-4H3. The molecule has 5 nitrogen and oxygen atoms in total. The van der Waals surface area contributed by atoms with Crippen LogP contribution >= 0.6 is 0 Å². The summed E-state index contributed by atoms with van der Waals surface area (Å²) in [6.07, 6.45) is 15.6. The van der Waals surface area contributed by atoms with E-state index in [4.69, 9.17) is 15.0 Å². The quantitative estimate of drug-likeness (QED) is 0.199. The zero-order valence-corrected chi connectivity index (χ0v) is 19.3. The Balaban J connectivity index is 2.78. The van der Waals surface area contributed by atoms with Crippen LogP contribution in [0.3, 0.4) is 0 Å². The maximum absolute atomic E-state index is 7.44. The average Bonchev–Trinajstić information content (AvgIpc) is 2.75. The molecule has 0 fully saturated rings. The molecule has 0 atom stereocenters. The number of unbranched alkanes of at least 4 members (excludes halogenated alkanes) is 10. The number of hydrogen-bond donors (Lipinski definition) is 1. The van der Waals surface area contributed by atoms with Gasteiger partial charge in [0.25, 0.3) is 0 Å². The van der Waals surface area contributed by atoms with Crippen molar-refractivity contribution in [1.29, 1.82) is 5.53 Å². The fourth-order valence-electron chi connectivity index (χ4n) is 3.71. The highest BCUT2D eigenvalue weighted by Gasteiger charge is 2.16. The molecule has 1 N–H and O–H groups in total. The summed E-state index contributed by atoms with van der Waals surface area (Å²) in [5, 5.41) is 3.60. The van der Waals surface area contributed by atoms with Crippen LogP contribution in [0.15, 0.2) is 17.2 Å². The van der Waals surface area contributed by atoms with Gasteiger partial charge in [-0.3, -0.25) is 0 Å². The normalized spacial score (nSPS) is 10.8. The molecule has 0 amide bonds. The summed E-state index contributed by atoms with van der Waals surface area (Å²) in [4.78, 5) is 2.46. The van der Waals surface area contributed by atoms with Gasteiger partial charge in [-0.25, -0.2) is 5.53 Å². The lowest BCUT2D eigenvalue weighted by Crippen LogP contribution is -2.25. The van der Waals surface area contributed by atoms with E-state index < -0.39 is 0 Å². The van der Waals surface area contributed by atoms with E-state index in [9.17, 15) is 0 Å². The first-order chi connectivity index (χ1) is 14.2. The Kier molecular flexibility index (Phi) is 14.0. The molecule has 0 unspecified atom stereocenters. The molecule has 0 spiro atoms. The number of anilines is 1. The van der Waals surface area contributed by atoms with Gasteiger partial charge in [-0.1, -0.05) is 78.1 Å². The van der Waals surface area contributed by atoms with Crippen LogP contribution in [0.4, 0.5) is 11.4 Å². The van der Waals surface area contributed by atoms with Crippen LogP contribution in [-0.2, 0) is 0 Å². The maximum Gasteiger partial charge on any atom is 0.169 e. The first kappa shape index (κ1) is 25.3. The molecule has 0 saturated carbocycles. The summed E-state index contributed by atoms with van der Waals surface area (Å²) >= 11 is 0. The molecular weight excluding hydrogens is 362 g/mol. The molecule has 0 aliphatic carbocycles. The minimum absolute atomic E-state index is 0.456. The minimum atomic E-state index is 0.456. The van der Waals surface area contributed by atoms with E-state index in [2.05, 4.69) is 23.9 Å². The molecule has 0 saturated heterocycles. The molecule has 1 aromatic carbocycles. The predicted octanol–water partition coefficient (Wildman–Crippen LogP) is 7.89. The first-order valence-electron chi connectivity index (χ1n) is 11.6. The van der Waals surface area contributed by atoms with Gasteiger partial charge in [0.2, 0.25) is 0 Å². The second kappa shape index (κ2) is 16.1. The highest BCUT2D eigenvalue weighted by Crippen LogP contribution is 2.41. The fraction of sp³-hybridized carbons (Fsp3) is 0.750. The number of hydrogen-bond acceptors (Lipinski definition) is 5. The molecule has 0 aromatic heterocycles. The Hall–Kier alpha value is -1.78. The smallest absolute Gasteiger partial charge is 0.169 e. The van der Waals surface area contributed by atoms with Crippen molar-refractivity contribution < 1.29 is 9.47 Å². The van der Waals surface area contributed by atoms with Gasteiger partial charge < -0.3 is 14.4 Å². The molecule has 29 heavy (non-hydrogen) atoms. The highest BCUT2D eigenvalue weighted by atomic mass is 16.5. The number of nitrogens with zero attached hydrogens (tertiary/aromatic N) is 2. The van der Waals surface area contributed by atoms with Crippen molar-refractivity contribution in [2.75, 3.05) is 32.2 Å². The van der Waals surface area contributed by atoms with Crippen molar-refractivity contribution in [2.24, 2.45) is 5.11 Å². The van der Waals surface area contributed by atoms with Gasteiger partial charge in [-0.2, -0.15) is 5.11 Å². The summed E-state index contributed by atoms with van der Waals surface area (Å²) in [7, 11) is 3.25. The molecular formula is C24H43N3O2. The molecule has 0 radical (unpaired) electrons. The monoisotopic (exact) mass is 405 g/mol. The van der Waals surface area contributed by atoms with Gasteiger partial charge in [0, 0.05) is 30.9 Å². The summed E-state index contributed by atoms with van der Waals surface area (Å²) in [5.74, 6) is 1.20. The topological polar surface area (TPSA) is 57.9 Å². The van der Waals surface area contributed by atoms with Crippen LogP contribution in [0, 0.1) is 5.53 Å². The van der Waals surface area contributed by atoms with Crippen LogP contribution in [-0.4, -0.2) is 27.3 Å². The number of benzene rings is 1. The van der Waals surface area contributed by atoms with E-state index >= 15 is 0 Å². The SMILES string of the molecule is CCCCCCCCN(CCCCCCCC)c1cc(OC)c(N=N)c(OC)c1. The summed E-state index contributed by atoms with van der Waals surface area (Å²) in [5.41, 5.74) is 9.00. The van der Waals surface area contributed by atoms with E-state index in [0.29, 0.717) is 17.2 Å². The van der Waals surface area contributed by atoms with Crippen LogP contribution in [0.5, 0.6) is 11.5 Å². The first-order valence-corrected chi connectivity index (χ1v) is 11.6. The third-order valence-electron chi connectivity index (χ3n) is 5.50. The van der Waals surface area contributed by atoms with Crippen molar-refractivity contribution in [3.8, 4) is 11.5 Å².